The van der Waals surface area contributed by atoms with Crippen molar-refractivity contribution < 1.29 is 5.11 Å². The minimum atomic E-state index is 0.0492. The summed E-state index contributed by atoms with van der Waals surface area (Å²) in [4.78, 5) is 0. The van der Waals surface area contributed by atoms with Gasteiger partial charge in [0.05, 0.1) is 6.10 Å². The molecule has 2 fully saturated rings. The third kappa shape index (κ3) is 1.66. The molecular weight excluding hydrogens is 148 g/mol. The summed E-state index contributed by atoms with van der Waals surface area (Å²) >= 11 is 0. The largest absolute Gasteiger partial charge is 0.393 e. The topological polar surface area (TPSA) is 20.2 Å². The van der Waals surface area contributed by atoms with Crippen LogP contribution in [-0.2, 0) is 0 Å². The van der Waals surface area contributed by atoms with Crippen LogP contribution in [0.4, 0.5) is 0 Å². The third-order valence-electron chi connectivity index (χ3n) is 3.79. The molecule has 0 spiro atoms. The fourth-order valence-corrected chi connectivity index (χ4v) is 3.08. The summed E-state index contributed by atoms with van der Waals surface area (Å²) in [7, 11) is 0. The third-order valence-corrected chi connectivity index (χ3v) is 3.79. The van der Waals surface area contributed by atoms with Crippen molar-refractivity contribution in [1.29, 1.82) is 0 Å². The van der Waals surface area contributed by atoms with Crippen molar-refractivity contribution in [1.82, 2.24) is 0 Å². The van der Waals surface area contributed by atoms with Crippen LogP contribution in [0.3, 0.4) is 0 Å². The highest BCUT2D eigenvalue weighted by Gasteiger charge is 2.32. The van der Waals surface area contributed by atoms with Crippen molar-refractivity contribution >= 4 is 0 Å². The summed E-state index contributed by atoms with van der Waals surface area (Å²) in [6, 6.07) is 0. The maximum absolute atomic E-state index is 9.74. The van der Waals surface area contributed by atoms with Crippen molar-refractivity contribution in [3.63, 3.8) is 0 Å². The van der Waals surface area contributed by atoms with Gasteiger partial charge in [0.1, 0.15) is 0 Å². The van der Waals surface area contributed by atoms with E-state index in [1.807, 2.05) is 0 Å². The summed E-state index contributed by atoms with van der Waals surface area (Å²) in [6.07, 6.45) is 10.7. The van der Waals surface area contributed by atoms with Gasteiger partial charge in [0.2, 0.25) is 0 Å². The molecule has 12 heavy (non-hydrogen) atoms. The number of hydrogen-bond acceptors (Lipinski definition) is 1. The molecule has 1 heteroatoms. The smallest absolute Gasteiger partial charge is 0.0571 e. The molecule has 2 aliphatic rings. The van der Waals surface area contributed by atoms with Gasteiger partial charge >= 0.3 is 0 Å². The molecule has 0 aromatic heterocycles. The molecule has 2 aliphatic carbocycles. The van der Waals surface area contributed by atoms with E-state index in [-0.39, 0.29) is 6.10 Å². The van der Waals surface area contributed by atoms with Gasteiger partial charge in [-0.25, -0.2) is 0 Å². The first-order valence-corrected chi connectivity index (χ1v) is 5.56. The highest BCUT2D eigenvalue weighted by molar-refractivity contribution is 4.83. The molecule has 0 heterocycles. The molecule has 0 radical (unpaired) electrons. The molecule has 0 saturated heterocycles. The standard InChI is InChI=1S/C11H20O/c12-11-8-4-7-10(11)9-5-2-1-3-6-9/h9-12H,1-8H2/t10-,11+/m1/s1. The van der Waals surface area contributed by atoms with E-state index in [0.29, 0.717) is 5.92 Å². The van der Waals surface area contributed by atoms with E-state index in [9.17, 15) is 5.11 Å². The molecule has 1 N–H and O–H groups in total. The molecule has 0 aromatic rings. The van der Waals surface area contributed by atoms with E-state index in [4.69, 9.17) is 0 Å². The zero-order valence-corrected chi connectivity index (χ0v) is 7.84. The summed E-state index contributed by atoms with van der Waals surface area (Å²) in [5.74, 6) is 1.54. The number of hydrogen-bond donors (Lipinski definition) is 1. The Morgan fingerprint density at radius 3 is 2.08 bits per heavy atom. The van der Waals surface area contributed by atoms with E-state index in [2.05, 4.69) is 0 Å². The van der Waals surface area contributed by atoms with E-state index in [1.54, 1.807) is 0 Å². The number of aliphatic hydroxyl groups excluding tert-OH is 1. The molecule has 1 nitrogen and oxygen atoms in total. The second kappa shape index (κ2) is 3.78. The molecule has 0 unspecified atom stereocenters. The molecule has 70 valence electrons. The van der Waals surface area contributed by atoms with E-state index in [0.717, 1.165) is 12.3 Å². The van der Waals surface area contributed by atoms with Crippen LogP contribution in [0.5, 0.6) is 0 Å². The monoisotopic (exact) mass is 168 g/mol. The summed E-state index contributed by atoms with van der Waals surface area (Å²) in [5.41, 5.74) is 0. The van der Waals surface area contributed by atoms with Crippen LogP contribution in [0, 0.1) is 11.8 Å². The van der Waals surface area contributed by atoms with Gasteiger partial charge < -0.3 is 5.11 Å². The van der Waals surface area contributed by atoms with Gasteiger partial charge in [-0.15, -0.1) is 0 Å². The van der Waals surface area contributed by atoms with Crippen molar-refractivity contribution in [2.45, 2.75) is 57.5 Å². The second-order valence-corrected chi connectivity index (χ2v) is 4.56. The Bertz CT molecular complexity index is 138. The molecular formula is C11H20O. The van der Waals surface area contributed by atoms with Gasteiger partial charge in [0, 0.05) is 0 Å². The van der Waals surface area contributed by atoms with Crippen molar-refractivity contribution in [2.24, 2.45) is 11.8 Å². The Morgan fingerprint density at radius 2 is 1.50 bits per heavy atom. The van der Waals surface area contributed by atoms with Crippen LogP contribution >= 0.6 is 0 Å². The minimum Gasteiger partial charge on any atom is -0.393 e. The molecule has 0 aromatic carbocycles. The van der Waals surface area contributed by atoms with Gasteiger partial charge in [-0.1, -0.05) is 38.5 Å². The van der Waals surface area contributed by atoms with Gasteiger partial charge in [-0.3, -0.25) is 0 Å². The van der Waals surface area contributed by atoms with Crippen LogP contribution in [-0.4, -0.2) is 11.2 Å². The molecule has 0 aliphatic heterocycles. The zero-order valence-electron chi connectivity index (χ0n) is 7.84. The fourth-order valence-electron chi connectivity index (χ4n) is 3.08. The minimum absolute atomic E-state index is 0.0492. The van der Waals surface area contributed by atoms with Crippen LogP contribution in [0.15, 0.2) is 0 Å². The Kier molecular flexibility index (Phi) is 2.69. The SMILES string of the molecule is O[C@H]1CCC[C@@H]1C1CCCCC1. The quantitative estimate of drug-likeness (QED) is 0.638. The van der Waals surface area contributed by atoms with Crippen LogP contribution in [0.2, 0.25) is 0 Å². The molecule has 2 saturated carbocycles. The maximum atomic E-state index is 9.74. The lowest BCUT2D eigenvalue weighted by Crippen LogP contribution is -2.24. The second-order valence-electron chi connectivity index (χ2n) is 4.56. The van der Waals surface area contributed by atoms with Gasteiger partial charge in [-0.05, 0) is 24.7 Å². The first kappa shape index (κ1) is 8.55. The van der Waals surface area contributed by atoms with Gasteiger partial charge in [0.15, 0.2) is 0 Å². The van der Waals surface area contributed by atoms with Crippen molar-refractivity contribution in [3.05, 3.63) is 0 Å². The summed E-state index contributed by atoms with van der Waals surface area (Å²) in [6.45, 7) is 0. The lowest BCUT2D eigenvalue weighted by Gasteiger charge is -2.29. The Hall–Kier alpha value is -0.0400. The Balaban J connectivity index is 1.89. The van der Waals surface area contributed by atoms with Crippen LogP contribution in [0.1, 0.15) is 51.4 Å². The predicted molar refractivity (Wildman–Crippen MR) is 49.9 cm³/mol. The lowest BCUT2D eigenvalue weighted by molar-refractivity contribution is 0.0832. The van der Waals surface area contributed by atoms with E-state index in [1.165, 1.54) is 44.9 Å². The van der Waals surface area contributed by atoms with Crippen molar-refractivity contribution in [3.8, 4) is 0 Å². The van der Waals surface area contributed by atoms with Gasteiger partial charge in [-0.2, -0.15) is 0 Å². The first-order valence-electron chi connectivity index (χ1n) is 5.56. The predicted octanol–water partition coefficient (Wildman–Crippen LogP) is 2.73. The molecule has 2 atom stereocenters. The molecule has 2 rings (SSSR count). The van der Waals surface area contributed by atoms with E-state index >= 15 is 0 Å². The van der Waals surface area contributed by atoms with E-state index < -0.39 is 0 Å². The Morgan fingerprint density at radius 1 is 0.750 bits per heavy atom. The Labute approximate surface area is 75.2 Å². The van der Waals surface area contributed by atoms with Crippen LogP contribution < -0.4 is 0 Å². The zero-order chi connectivity index (χ0) is 8.39. The maximum Gasteiger partial charge on any atom is 0.0571 e. The summed E-state index contributed by atoms with van der Waals surface area (Å²) in [5, 5.41) is 9.74. The van der Waals surface area contributed by atoms with Gasteiger partial charge in [0.25, 0.3) is 0 Å². The highest BCUT2D eigenvalue weighted by atomic mass is 16.3. The normalized spacial score (nSPS) is 38.8. The van der Waals surface area contributed by atoms with Crippen LogP contribution in [0.25, 0.3) is 0 Å². The molecule has 0 amide bonds. The average Bonchev–Trinajstić information content (AvgIpc) is 2.53. The number of rotatable bonds is 1. The molecule has 0 bridgehead atoms. The first-order chi connectivity index (χ1) is 5.88. The number of aliphatic hydroxyl groups is 1. The highest BCUT2D eigenvalue weighted by Crippen LogP contribution is 2.39. The lowest BCUT2D eigenvalue weighted by atomic mass is 9.78. The average molecular weight is 168 g/mol. The summed E-state index contributed by atoms with van der Waals surface area (Å²) < 4.78 is 0. The van der Waals surface area contributed by atoms with Crippen molar-refractivity contribution in [2.75, 3.05) is 0 Å². The fraction of sp³-hybridized carbons (Fsp3) is 1.00.